The standard InChI is InChI=1S/C17H25N3O/c18-15-4-6-16(7-5-15)19-12-8-14(9-13-19)17(21)20-10-2-1-3-11-20/h4-7,14H,1-3,8-13,18H2. The van der Waals surface area contributed by atoms with E-state index in [0.717, 1.165) is 44.7 Å². The number of hydrogen-bond acceptors (Lipinski definition) is 3. The van der Waals surface area contributed by atoms with Crippen molar-refractivity contribution in [1.82, 2.24) is 4.90 Å². The Balaban J connectivity index is 1.54. The highest BCUT2D eigenvalue weighted by atomic mass is 16.2. The summed E-state index contributed by atoms with van der Waals surface area (Å²) in [5, 5.41) is 0. The van der Waals surface area contributed by atoms with E-state index in [-0.39, 0.29) is 5.92 Å². The fraction of sp³-hybridized carbons (Fsp3) is 0.588. The Morgan fingerprint density at radius 3 is 2.19 bits per heavy atom. The summed E-state index contributed by atoms with van der Waals surface area (Å²) in [4.78, 5) is 17.0. The minimum atomic E-state index is 0.230. The van der Waals surface area contributed by atoms with Gasteiger partial charge in [0, 0.05) is 43.5 Å². The van der Waals surface area contributed by atoms with Crippen LogP contribution in [0, 0.1) is 5.92 Å². The normalized spacial score (nSPS) is 20.6. The van der Waals surface area contributed by atoms with E-state index in [0.29, 0.717) is 5.91 Å². The van der Waals surface area contributed by atoms with Crippen molar-refractivity contribution in [3.8, 4) is 0 Å². The molecular formula is C17H25N3O. The molecule has 2 saturated heterocycles. The van der Waals surface area contributed by atoms with Crippen LogP contribution in [-0.2, 0) is 4.79 Å². The van der Waals surface area contributed by atoms with Crippen LogP contribution < -0.4 is 10.6 Å². The van der Waals surface area contributed by atoms with Crippen molar-refractivity contribution in [2.45, 2.75) is 32.1 Å². The molecule has 2 heterocycles. The van der Waals surface area contributed by atoms with Gasteiger partial charge in [-0.3, -0.25) is 4.79 Å². The van der Waals surface area contributed by atoms with Gasteiger partial charge in [0.05, 0.1) is 0 Å². The monoisotopic (exact) mass is 287 g/mol. The summed E-state index contributed by atoms with van der Waals surface area (Å²) in [5.41, 5.74) is 7.75. The van der Waals surface area contributed by atoms with Crippen molar-refractivity contribution in [2.24, 2.45) is 5.92 Å². The summed E-state index contributed by atoms with van der Waals surface area (Å²) in [7, 11) is 0. The lowest BCUT2D eigenvalue weighted by Crippen LogP contribution is -2.44. The van der Waals surface area contributed by atoms with Gasteiger partial charge < -0.3 is 15.5 Å². The topological polar surface area (TPSA) is 49.6 Å². The van der Waals surface area contributed by atoms with Crippen molar-refractivity contribution in [3.05, 3.63) is 24.3 Å². The summed E-state index contributed by atoms with van der Waals surface area (Å²) in [6.07, 6.45) is 5.57. The lowest BCUT2D eigenvalue weighted by atomic mass is 9.94. The Morgan fingerprint density at radius 2 is 1.57 bits per heavy atom. The molecular weight excluding hydrogens is 262 g/mol. The summed E-state index contributed by atoms with van der Waals surface area (Å²) >= 11 is 0. The molecule has 2 fully saturated rings. The highest BCUT2D eigenvalue weighted by Crippen LogP contribution is 2.26. The molecule has 4 nitrogen and oxygen atoms in total. The van der Waals surface area contributed by atoms with Gasteiger partial charge in [0.15, 0.2) is 0 Å². The van der Waals surface area contributed by atoms with Gasteiger partial charge in [-0.05, 0) is 56.4 Å². The minimum Gasteiger partial charge on any atom is -0.399 e. The molecule has 0 saturated carbocycles. The zero-order chi connectivity index (χ0) is 14.7. The Bertz CT molecular complexity index is 471. The fourth-order valence-electron chi connectivity index (χ4n) is 3.44. The van der Waals surface area contributed by atoms with Crippen LogP contribution in [0.1, 0.15) is 32.1 Å². The molecule has 1 aromatic rings. The molecule has 0 atom stereocenters. The van der Waals surface area contributed by atoms with E-state index in [2.05, 4.69) is 21.9 Å². The first-order chi connectivity index (χ1) is 10.2. The van der Waals surface area contributed by atoms with Gasteiger partial charge in [0.1, 0.15) is 0 Å². The molecule has 3 rings (SSSR count). The maximum atomic E-state index is 12.5. The largest absolute Gasteiger partial charge is 0.399 e. The van der Waals surface area contributed by atoms with E-state index >= 15 is 0 Å². The number of nitrogens with zero attached hydrogens (tertiary/aromatic N) is 2. The van der Waals surface area contributed by atoms with Gasteiger partial charge in [-0.25, -0.2) is 0 Å². The molecule has 0 bridgehead atoms. The molecule has 4 heteroatoms. The third-order valence-electron chi connectivity index (χ3n) is 4.77. The second-order valence-corrected chi connectivity index (χ2v) is 6.24. The maximum Gasteiger partial charge on any atom is 0.225 e. The van der Waals surface area contributed by atoms with Crippen molar-refractivity contribution in [1.29, 1.82) is 0 Å². The van der Waals surface area contributed by atoms with E-state index < -0.39 is 0 Å². The number of likely N-dealkylation sites (tertiary alicyclic amines) is 1. The molecule has 1 aromatic carbocycles. The van der Waals surface area contributed by atoms with Gasteiger partial charge in [0.2, 0.25) is 5.91 Å². The second-order valence-electron chi connectivity index (χ2n) is 6.24. The van der Waals surface area contributed by atoms with Crippen LogP contribution >= 0.6 is 0 Å². The van der Waals surface area contributed by atoms with Crippen LogP contribution in [-0.4, -0.2) is 37.0 Å². The van der Waals surface area contributed by atoms with E-state index in [4.69, 9.17) is 5.73 Å². The van der Waals surface area contributed by atoms with Gasteiger partial charge in [-0.1, -0.05) is 0 Å². The third-order valence-corrected chi connectivity index (χ3v) is 4.77. The van der Waals surface area contributed by atoms with Crippen molar-refractivity contribution in [2.75, 3.05) is 36.8 Å². The molecule has 1 amide bonds. The maximum absolute atomic E-state index is 12.5. The summed E-state index contributed by atoms with van der Waals surface area (Å²) in [6, 6.07) is 8.03. The summed E-state index contributed by atoms with van der Waals surface area (Å²) < 4.78 is 0. The number of anilines is 2. The molecule has 2 aliphatic heterocycles. The Hall–Kier alpha value is -1.71. The first-order valence-corrected chi connectivity index (χ1v) is 8.13. The molecule has 0 unspecified atom stereocenters. The van der Waals surface area contributed by atoms with Gasteiger partial charge in [-0.2, -0.15) is 0 Å². The predicted octanol–water partition coefficient (Wildman–Crippen LogP) is 2.50. The van der Waals surface area contributed by atoms with Crippen molar-refractivity contribution in [3.63, 3.8) is 0 Å². The number of carbonyl (C=O) groups is 1. The molecule has 2 aliphatic rings. The number of rotatable bonds is 2. The van der Waals surface area contributed by atoms with Gasteiger partial charge in [0.25, 0.3) is 0 Å². The number of benzene rings is 1. The SMILES string of the molecule is Nc1ccc(N2CCC(C(=O)N3CCCCC3)CC2)cc1. The van der Waals surface area contributed by atoms with Crippen LogP contribution in [0.4, 0.5) is 11.4 Å². The first kappa shape index (κ1) is 14.2. The number of amides is 1. The van der Waals surface area contributed by atoms with Crippen LogP contribution in [0.15, 0.2) is 24.3 Å². The zero-order valence-electron chi connectivity index (χ0n) is 12.6. The predicted molar refractivity (Wildman–Crippen MR) is 86.2 cm³/mol. The van der Waals surface area contributed by atoms with Gasteiger partial charge in [-0.15, -0.1) is 0 Å². The first-order valence-electron chi connectivity index (χ1n) is 8.13. The number of carbonyl (C=O) groups excluding carboxylic acids is 1. The molecule has 0 aliphatic carbocycles. The second kappa shape index (κ2) is 6.37. The molecule has 0 radical (unpaired) electrons. The van der Waals surface area contributed by atoms with Crippen LogP contribution in [0.3, 0.4) is 0 Å². The van der Waals surface area contributed by atoms with E-state index in [1.165, 1.54) is 24.9 Å². The molecule has 0 aromatic heterocycles. The Morgan fingerprint density at radius 1 is 0.952 bits per heavy atom. The lowest BCUT2D eigenvalue weighted by Gasteiger charge is -2.36. The third kappa shape index (κ3) is 3.31. The number of hydrogen-bond donors (Lipinski definition) is 1. The molecule has 0 spiro atoms. The number of nitrogen functional groups attached to an aromatic ring is 1. The zero-order valence-corrected chi connectivity index (χ0v) is 12.6. The minimum absolute atomic E-state index is 0.230. The van der Waals surface area contributed by atoms with Crippen LogP contribution in [0.5, 0.6) is 0 Å². The number of piperidine rings is 2. The summed E-state index contributed by atoms with van der Waals surface area (Å²) in [5.74, 6) is 0.625. The quantitative estimate of drug-likeness (QED) is 0.850. The van der Waals surface area contributed by atoms with E-state index in [1.807, 2.05) is 12.1 Å². The Labute approximate surface area is 126 Å². The lowest BCUT2D eigenvalue weighted by molar-refractivity contribution is -0.137. The van der Waals surface area contributed by atoms with Crippen LogP contribution in [0.2, 0.25) is 0 Å². The van der Waals surface area contributed by atoms with Crippen LogP contribution in [0.25, 0.3) is 0 Å². The number of nitrogens with two attached hydrogens (primary N) is 1. The van der Waals surface area contributed by atoms with Gasteiger partial charge >= 0.3 is 0 Å². The average molecular weight is 287 g/mol. The van der Waals surface area contributed by atoms with Crippen molar-refractivity contribution < 1.29 is 4.79 Å². The van der Waals surface area contributed by atoms with E-state index in [1.54, 1.807) is 0 Å². The molecule has 2 N–H and O–H groups in total. The molecule has 114 valence electrons. The Kier molecular flexibility index (Phi) is 4.32. The molecule has 21 heavy (non-hydrogen) atoms. The smallest absolute Gasteiger partial charge is 0.225 e. The highest BCUT2D eigenvalue weighted by Gasteiger charge is 2.29. The average Bonchev–Trinajstić information content (AvgIpc) is 2.56. The van der Waals surface area contributed by atoms with E-state index in [9.17, 15) is 4.79 Å². The summed E-state index contributed by atoms with van der Waals surface area (Å²) in [6.45, 7) is 3.87. The highest BCUT2D eigenvalue weighted by molar-refractivity contribution is 5.79. The fourth-order valence-corrected chi connectivity index (χ4v) is 3.44. The van der Waals surface area contributed by atoms with Crippen molar-refractivity contribution >= 4 is 17.3 Å².